The molecule has 142 valence electrons. The molecule has 2 amide bonds. The zero-order valence-corrected chi connectivity index (χ0v) is 14.5. The molecule has 27 heavy (non-hydrogen) atoms. The molecule has 0 saturated carbocycles. The molecule has 1 N–H and O–H groups in total. The molecule has 0 bridgehead atoms. The van der Waals surface area contributed by atoms with Crippen LogP contribution in [0.15, 0.2) is 42.5 Å². The topological polar surface area (TPSA) is 58.6 Å². The maximum atomic E-state index is 12.6. The van der Waals surface area contributed by atoms with Crippen LogP contribution in [0.1, 0.15) is 33.2 Å². The predicted molar refractivity (Wildman–Crippen MR) is 92.9 cm³/mol. The van der Waals surface area contributed by atoms with Gasteiger partial charge in [-0.05, 0) is 49.4 Å². The lowest BCUT2D eigenvalue weighted by Crippen LogP contribution is -2.32. The van der Waals surface area contributed by atoms with Crippen molar-refractivity contribution in [3.63, 3.8) is 0 Å². The second-order valence-corrected chi connectivity index (χ2v) is 5.97. The van der Waals surface area contributed by atoms with E-state index in [9.17, 15) is 22.8 Å². The van der Waals surface area contributed by atoms with E-state index in [2.05, 4.69) is 5.32 Å². The number of benzene rings is 2. The van der Waals surface area contributed by atoms with Gasteiger partial charge in [0.1, 0.15) is 12.4 Å². The Morgan fingerprint density at radius 2 is 1.89 bits per heavy atom. The molecule has 3 rings (SSSR count). The lowest BCUT2D eigenvalue weighted by atomic mass is 10.1. The number of hydrogen-bond acceptors (Lipinski definition) is 3. The van der Waals surface area contributed by atoms with Gasteiger partial charge in [-0.2, -0.15) is 13.2 Å². The summed E-state index contributed by atoms with van der Waals surface area (Å²) in [5.74, 6) is -0.336. The molecule has 5 nitrogen and oxygen atoms in total. The maximum Gasteiger partial charge on any atom is 0.416 e. The van der Waals surface area contributed by atoms with E-state index in [1.807, 2.05) is 6.92 Å². The van der Waals surface area contributed by atoms with E-state index in [0.29, 0.717) is 36.7 Å². The zero-order valence-electron chi connectivity index (χ0n) is 14.5. The van der Waals surface area contributed by atoms with E-state index in [1.165, 1.54) is 6.07 Å². The van der Waals surface area contributed by atoms with Crippen molar-refractivity contribution in [3.05, 3.63) is 59.2 Å². The minimum atomic E-state index is -4.46. The summed E-state index contributed by atoms with van der Waals surface area (Å²) in [7, 11) is 0. The van der Waals surface area contributed by atoms with Crippen molar-refractivity contribution < 1.29 is 27.5 Å². The third-order valence-corrected chi connectivity index (χ3v) is 4.23. The second kappa shape index (κ2) is 7.30. The summed E-state index contributed by atoms with van der Waals surface area (Å²) in [5.41, 5.74) is -0.0599. The van der Waals surface area contributed by atoms with Gasteiger partial charge in [0.25, 0.3) is 11.8 Å². The van der Waals surface area contributed by atoms with Gasteiger partial charge < -0.3 is 15.0 Å². The van der Waals surface area contributed by atoms with Crippen molar-refractivity contribution in [1.29, 1.82) is 0 Å². The zero-order chi connectivity index (χ0) is 19.6. The number of carbonyl (C=O) groups excluding carboxylic acids is 2. The highest BCUT2D eigenvalue weighted by Crippen LogP contribution is 2.30. The highest BCUT2D eigenvalue weighted by Gasteiger charge is 2.30. The summed E-state index contributed by atoms with van der Waals surface area (Å²) in [6.45, 7) is 3.24. The average molecular weight is 378 g/mol. The number of fused-ring (bicyclic) bond motifs is 1. The summed E-state index contributed by atoms with van der Waals surface area (Å²) in [4.78, 5) is 26.5. The van der Waals surface area contributed by atoms with Crippen LogP contribution in [-0.2, 0) is 6.18 Å². The van der Waals surface area contributed by atoms with E-state index in [1.54, 1.807) is 17.0 Å². The van der Waals surface area contributed by atoms with Crippen molar-refractivity contribution in [3.8, 4) is 5.75 Å². The molecule has 0 fully saturated rings. The third-order valence-electron chi connectivity index (χ3n) is 4.23. The molecule has 0 unspecified atom stereocenters. The summed E-state index contributed by atoms with van der Waals surface area (Å²) < 4.78 is 43.4. The van der Waals surface area contributed by atoms with Crippen LogP contribution in [0.3, 0.4) is 0 Å². The van der Waals surface area contributed by atoms with Crippen molar-refractivity contribution in [2.45, 2.75) is 13.1 Å². The second-order valence-electron chi connectivity index (χ2n) is 5.97. The first-order valence-corrected chi connectivity index (χ1v) is 8.34. The van der Waals surface area contributed by atoms with E-state index in [0.717, 1.165) is 24.3 Å². The molecule has 0 saturated heterocycles. The predicted octanol–water partition coefficient (Wildman–Crippen LogP) is 3.81. The lowest BCUT2D eigenvalue weighted by molar-refractivity contribution is -0.137. The molecule has 0 aromatic heterocycles. The van der Waals surface area contributed by atoms with Gasteiger partial charge in [0.05, 0.1) is 17.7 Å². The first kappa shape index (κ1) is 18.8. The maximum absolute atomic E-state index is 12.6. The molecule has 0 aliphatic carbocycles. The quantitative estimate of drug-likeness (QED) is 0.884. The van der Waals surface area contributed by atoms with E-state index in [4.69, 9.17) is 4.74 Å². The molecule has 0 atom stereocenters. The standard InChI is InChI=1S/C19H17F3N2O3/c1-2-24-9-10-27-16-8-7-14(11-15(16)18(24)26)23-17(25)12-3-5-13(6-4-12)19(20,21)22/h3-8,11H,2,9-10H2,1H3,(H,23,25). The first-order valence-electron chi connectivity index (χ1n) is 8.34. The number of nitrogens with zero attached hydrogens (tertiary/aromatic N) is 1. The molecule has 1 aliphatic heterocycles. The molecule has 8 heteroatoms. The summed E-state index contributed by atoms with van der Waals surface area (Å²) in [6.07, 6.45) is -4.46. The highest BCUT2D eigenvalue weighted by molar-refractivity contribution is 6.05. The minimum absolute atomic E-state index is 0.0794. The molecular weight excluding hydrogens is 361 g/mol. The number of halogens is 3. The van der Waals surface area contributed by atoms with Crippen molar-refractivity contribution in [2.75, 3.05) is 25.0 Å². The number of ether oxygens (including phenoxy) is 1. The fourth-order valence-corrected chi connectivity index (χ4v) is 2.75. The van der Waals surface area contributed by atoms with E-state index in [-0.39, 0.29) is 11.5 Å². The first-order chi connectivity index (χ1) is 12.8. The summed E-state index contributed by atoms with van der Waals surface area (Å²) in [5, 5.41) is 2.59. The lowest BCUT2D eigenvalue weighted by Gasteiger charge is -2.17. The van der Waals surface area contributed by atoms with Crippen LogP contribution in [-0.4, -0.2) is 36.4 Å². The minimum Gasteiger partial charge on any atom is -0.491 e. The molecular formula is C19H17F3N2O3. The number of carbonyl (C=O) groups is 2. The number of rotatable bonds is 3. The molecule has 2 aromatic carbocycles. The Balaban J connectivity index is 1.80. The Kier molecular flexibility index (Phi) is 5.07. The van der Waals surface area contributed by atoms with Gasteiger partial charge in [-0.15, -0.1) is 0 Å². The van der Waals surface area contributed by atoms with Gasteiger partial charge in [-0.3, -0.25) is 9.59 Å². The Labute approximate surface area is 153 Å². The largest absolute Gasteiger partial charge is 0.491 e. The molecule has 0 radical (unpaired) electrons. The Bertz CT molecular complexity index is 863. The Morgan fingerprint density at radius 1 is 1.19 bits per heavy atom. The molecule has 1 heterocycles. The number of alkyl halides is 3. The monoisotopic (exact) mass is 378 g/mol. The van der Waals surface area contributed by atoms with Crippen LogP contribution in [0.2, 0.25) is 0 Å². The molecule has 1 aliphatic rings. The van der Waals surface area contributed by atoms with E-state index < -0.39 is 17.6 Å². The van der Waals surface area contributed by atoms with Crippen molar-refractivity contribution in [1.82, 2.24) is 4.90 Å². The molecule has 0 spiro atoms. The number of hydrogen-bond donors (Lipinski definition) is 1. The normalized spacial score (nSPS) is 14.2. The number of likely N-dealkylation sites (N-methyl/N-ethyl adjacent to an activating group) is 1. The number of nitrogens with one attached hydrogen (secondary N) is 1. The number of amides is 2. The van der Waals surface area contributed by atoms with Crippen LogP contribution in [0.4, 0.5) is 18.9 Å². The average Bonchev–Trinajstić information content (AvgIpc) is 2.80. The van der Waals surface area contributed by atoms with Gasteiger partial charge in [-0.25, -0.2) is 0 Å². The fourth-order valence-electron chi connectivity index (χ4n) is 2.75. The van der Waals surface area contributed by atoms with Crippen LogP contribution in [0.5, 0.6) is 5.75 Å². The van der Waals surface area contributed by atoms with Crippen LogP contribution in [0.25, 0.3) is 0 Å². The highest BCUT2D eigenvalue weighted by atomic mass is 19.4. The number of anilines is 1. The van der Waals surface area contributed by atoms with Crippen molar-refractivity contribution >= 4 is 17.5 Å². The van der Waals surface area contributed by atoms with Gasteiger partial charge in [-0.1, -0.05) is 0 Å². The van der Waals surface area contributed by atoms with Crippen LogP contribution in [0, 0.1) is 0 Å². The fraction of sp³-hybridized carbons (Fsp3) is 0.263. The van der Waals surface area contributed by atoms with E-state index >= 15 is 0 Å². The van der Waals surface area contributed by atoms with Crippen LogP contribution < -0.4 is 10.1 Å². The third kappa shape index (κ3) is 4.05. The van der Waals surface area contributed by atoms with Gasteiger partial charge in [0, 0.05) is 17.8 Å². The summed E-state index contributed by atoms with van der Waals surface area (Å²) in [6, 6.07) is 8.59. The van der Waals surface area contributed by atoms with Gasteiger partial charge >= 0.3 is 6.18 Å². The smallest absolute Gasteiger partial charge is 0.416 e. The van der Waals surface area contributed by atoms with Crippen molar-refractivity contribution in [2.24, 2.45) is 0 Å². The Hall–Kier alpha value is -3.03. The summed E-state index contributed by atoms with van der Waals surface area (Å²) >= 11 is 0. The van der Waals surface area contributed by atoms with Gasteiger partial charge in [0.15, 0.2) is 0 Å². The Morgan fingerprint density at radius 3 is 2.52 bits per heavy atom. The van der Waals surface area contributed by atoms with Gasteiger partial charge in [0.2, 0.25) is 0 Å². The molecule has 2 aromatic rings. The van der Waals surface area contributed by atoms with Crippen LogP contribution >= 0.6 is 0 Å². The SMILES string of the molecule is CCN1CCOc2ccc(NC(=O)c3ccc(C(F)(F)F)cc3)cc2C1=O.